The Morgan fingerprint density at radius 1 is 1.33 bits per heavy atom. The minimum Gasteiger partial charge on any atom is -0.759 e. The fraction of sp³-hybridized carbons (Fsp3) is 0. The van der Waals surface area contributed by atoms with E-state index in [1.807, 2.05) is 5.43 Å². The number of carbonyl (C=O) groups is 1. The van der Waals surface area contributed by atoms with Gasteiger partial charge in [-0.1, -0.05) is 36.9 Å². The maximum atomic E-state index is 11.3. The van der Waals surface area contributed by atoms with Crippen LogP contribution in [0.5, 0.6) is 0 Å². The summed E-state index contributed by atoms with van der Waals surface area (Å²) in [5.41, 5.74) is 2.80. The first kappa shape index (κ1) is 11.6. The molecular weight excluding hydrogens is 216 g/mol. The van der Waals surface area contributed by atoms with Crippen LogP contribution >= 0.6 is 0 Å². The van der Waals surface area contributed by atoms with Crippen molar-refractivity contribution < 1.29 is 13.6 Å². The van der Waals surface area contributed by atoms with Crippen molar-refractivity contribution in [3.8, 4) is 0 Å². The molecule has 0 saturated carbocycles. The van der Waals surface area contributed by atoms with Gasteiger partial charge in [-0.2, -0.15) is 4.83 Å². The molecule has 0 bridgehead atoms. The topological polar surface area (TPSA) is 81.3 Å². The highest BCUT2D eigenvalue weighted by Gasteiger charge is 2.07. The molecule has 6 heteroatoms. The van der Waals surface area contributed by atoms with Gasteiger partial charge in [0.15, 0.2) is 0 Å². The van der Waals surface area contributed by atoms with Crippen LogP contribution in [0.3, 0.4) is 0 Å². The second kappa shape index (κ2) is 5.40. The van der Waals surface area contributed by atoms with Crippen molar-refractivity contribution >= 4 is 22.7 Å². The number of hydrazine groups is 1. The van der Waals surface area contributed by atoms with Crippen LogP contribution in [-0.4, -0.2) is 14.7 Å². The molecule has 2 N–H and O–H groups in total. The lowest BCUT2D eigenvalue weighted by molar-refractivity contribution is -0.116. The maximum absolute atomic E-state index is 11.3. The van der Waals surface area contributed by atoms with Gasteiger partial charge in [0.1, 0.15) is 0 Å². The Morgan fingerprint density at radius 2 is 1.93 bits per heavy atom. The highest BCUT2D eigenvalue weighted by Crippen LogP contribution is 2.10. The third-order valence-electron chi connectivity index (χ3n) is 1.64. The number of hydrogen-bond acceptors (Lipinski definition) is 3. The lowest BCUT2D eigenvalue weighted by atomic mass is 10.1. The molecule has 1 rings (SSSR count). The van der Waals surface area contributed by atoms with Crippen molar-refractivity contribution in [3.05, 3.63) is 42.5 Å². The van der Waals surface area contributed by atoms with Gasteiger partial charge < -0.3 is 4.55 Å². The van der Waals surface area contributed by atoms with Gasteiger partial charge in [0.25, 0.3) is 5.91 Å². The average molecular weight is 225 g/mol. The zero-order valence-electron chi connectivity index (χ0n) is 7.73. The molecule has 0 radical (unpaired) electrons. The molecule has 15 heavy (non-hydrogen) atoms. The quantitative estimate of drug-likeness (QED) is 0.433. The van der Waals surface area contributed by atoms with Crippen molar-refractivity contribution in [2.24, 2.45) is 0 Å². The molecule has 0 fully saturated rings. The molecule has 0 saturated heterocycles. The second-order valence-corrected chi connectivity index (χ2v) is 3.31. The molecule has 0 aliphatic heterocycles. The average Bonchev–Trinajstić information content (AvgIpc) is 2.26. The van der Waals surface area contributed by atoms with Gasteiger partial charge in [-0.05, 0) is 5.56 Å². The van der Waals surface area contributed by atoms with E-state index in [-0.39, 0.29) is 5.57 Å². The van der Waals surface area contributed by atoms with Crippen LogP contribution in [0.15, 0.2) is 36.9 Å². The van der Waals surface area contributed by atoms with Crippen LogP contribution in [0.2, 0.25) is 0 Å². The molecule has 0 aromatic heterocycles. The van der Waals surface area contributed by atoms with E-state index >= 15 is 0 Å². The second-order valence-electron chi connectivity index (χ2n) is 2.64. The molecule has 80 valence electrons. The van der Waals surface area contributed by atoms with Crippen molar-refractivity contribution in [2.75, 3.05) is 0 Å². The zero-order valence-corrected chi connectivity index (χ0v) is 8.54. The first-order valence-corrected chi connectivity index (χ1v) is 5.08. The van der Waals surface area contributed by atoms with E-state index in [1.54, 1.807) is 35.2 Å². The van der Waals surface area contributed by atoms with Crippen molar-refractivity contribution in [3.63, 3.8) is 0 Å². The smallest absolute Gasteiger partial charge is 0.266 e. The fourth-order valence-electron chi connectivity index (χ4n) is 0.934. The number of carbonyl (C=O) groups excluding carboxylic acids is 1. The van der Waals surface area contributed by atoms with Crippen LogP contribution in [0.25, 0.3) is 5.57 Å². The van der Waals surface area contributed by atoms with E-state index in [1.165, 1.54) is 0 Å². The van der Waals surface area contributed by atoms with Crippen LogP contribution in [0.1, 0.15) is 5.56 Å². The molecular formula is C9H9N2O3S-. The fourth-order valence-corrected chi connectivity index (χ4v) is 1.11. The Bertz CT molecular complexity index is 392. The summed E-state index contributed by atoms with van der Waals surface area (Å²) < 4.78 is 20.2. The third-order valence-corrected chi connectivity index (χ3v) is 1.91. The van der Waals surface area contributed by atoms with Crippen molar-refractivity contribution in [1.29, 1.82) is 0 Å². The minimum atomic E-state index is -2.53. The van der Waals surface area contributed by atoms with E-state index in [0.717, 1.165) is 0 Å². The van der Waals surface area contributed by atoms with Crippen LogP contribution in [-0.2, 0) is 16.1 Å². The molecule has 0 aliphatic carbocycles. The largest absolute Gasteiger partial charge is 0.759 e. The highest BCUT2D eigenvalue weighted by atomic mass is 32.2. The van der Waals surface area contributed by atoms with Crippen LogP contribution in [0.4, 0.5) is 0 Å². The minimum absolute atomic E-state index is 0.188. The third kappa shape index (κ3) is 3.62. The summed E-state index contributed by atoms with van der Waals surface area (Å²) in [6.07, 6.45) is 0. The molecule has 0 aliphatic rings. The lowest BCUT2D eigenvalue weighted by Crippen LogP contribution is -2.38. The molecule has 0 spiro atoms. The standard InChI is InChI=1S/C9H10N2O3S/c1-7(8-5-3-2-4-6-8)9(12)10-11-15(13)14/h2-6,11H,1H2,(H,10,12)(H,13,14)/p-1. The predicted octanol–water partition coefficient (Wildman–Crippen LogP) is 0.115. The van der Waals surface area contributed by atoms with Gasteiger partial charge in [0, 0.05) is 16.8 Å². The summed E-state index contributed by atoms with van der Waals surface area (Å²) in [4.78, 5) is 13.1. The van der Waals surface area contributed by atoms with E-state index in [9.17, 15) is 13.6 Å². The van der Waals surface area contributed by atoms with Gasteiger partial charge in [-0.15, -0.1) is 0 Å². The summed E-state index contributed by atoms with van der Waals surface area (Å²) in [7, 11) is 0. The van der Waals surface area contributed by atoms with Gasteiger partial charge in [0.2, 0.25) is 0 Å². The van der Waals surface area contributed by atoms with Gasteiger partial charge in [-0.25, -0.2) is 0 Å². The first-order chi connectivity index (χ1) is 7.11. The van der Waals surface area contributed by atoms with Gasteiger partial charge in [-0.3, -0.25) is 14.4 Å². The number of hydrogen-bond donors (Lipinski definition) is 2. The van der Waals surface area contributed by atoms with E-state index in [4.69, 9.17) is 0 Å². The summed E-state index contributed by atoms with van der Waals surface area (Å²) in [6, 6.07) is 8.73. The Morgan fingerprint density at radius 3 is 2.47 bits per heavy atom. The molecule has 1 amide bonds. The molecule has 1 aromatic carbocycles. The molecule has 1 atom stereocenters. The summed E-state index contributed by atoms with van der Waals surface area (Å²) in [6.45, 7) is 3.55. The number of nitrogens with one attached hydrogen (secondary N) is 2. The number of rotatable bonds is 4. The molecule has 0 heterocycles. The zero-order chi connectivity index (χ0) is 11.3. The van der Waals surface area contributed by atoms with Gasteiger partial charge >= 0.3 is 0 Å². The molecule has 5 nitrogen and oxygen atoms in total. The van der Waals surface area contributed by atoms with E-state index < -0.39 is 17.2 Å². The predicted molar refractivity (Wildman–Crippen MR) is 55.7 cm³/mol. The van der Waals surface area contributed by atoms with Crippen molar-refractivity contribution in [1.82, 2.24) is 10.3 Å². The van der Waals surface area contributed by atoms with Crippen LogP contribution < -0.4 is 10.3 Å². The lowest BCUT2D eigenvalue weighted by Gasteiger charge is -2.10. The monoisotopic (exact) mass is 225 g/mol. The number of amides is 1. The Kier molecular flexibility index (Phi) is 4.17. The summed E-state index contributed by atoms with van der Waals surface area (Å²) in [5, 5.41) is 0. The van der Waals surface area contributed by atoms with Gasteiger partial charge in [0.05, 0.1) is 0 Å². The SMILES string of the molecule is C=C(C(=O)NNS(=O)[O-])c1ccccc1. The normalized spacial score (nSPS) is 11.8. The molecule has 1 aromatic rings. The highest BCUT2D eigenvalue weighted by molar-refractivity contribution is 7.77. The van der Waals surface area contributed by atoms with Crippen LogP contribution in [0, 0.1) is 0 Å². The Labute approximate surface area is 89.6 Å². The summed E-state index contributed by atoms with van der Waals surface area (Å²) in [5.74, 6) is -0.592. The summed E-state index contributed by atoms with van der Waals surface area (Å²) >= 11 is -2.53. The number of benzene rings is 1. The van der Waals surface area contributed by atoms with E-state index in [0.29, 0.717) is 5.56 Å². The Hall–Kier alpha value is -1.50. The van der Waals surface area contributed by atoms with E-state index in [2.05, 4.69) is 6.58 Å². The first-order valence-electron chi connectivity index (χ1n) is 4.01. The van der Waals surface area contributed by atoms with Crippen molar-refractivity contribution in [2.45, 2.75) is 0 Å². The molecule has 1 unspecified atom stereocenters. The Balaban J connectivity index is 2.62. The maximum Gasteiger partial charge on any atom is 0.266 e.